The normalized spacial score (nSPS) is 11.0. The second-order valence-electron chi connectivity index (χ2n) is 7.20. The Hall–Kier alpha value is -4.20. The molecule has 0 radical (unpaired) electrons. The van der Waals surface area contributed by atoms with Crippen molar-refractivity contribution < 1.29 is 28.2 Å². The summed E-state index contributed by atoms with van der Waals surface area (Å²) in [6.07, 6.45) is 3.89. The van der Waals surface area contributed by atoms with Crippen molar-refractivity contribution >= 4 is 17.9 Å². The number of carbonyl (C=O) groups excluding carboxylic acids is 2. The summed E-state index contributed by atoms with van der Waals surface area (Å²) in [5.74, 6) is 1.08. The molecule has 0 spiro atoms. The number of furan rings is 1. The molecule has 0 aliphatic carbocycles. The van der Waals surface area contributed by atoms with Gasteiger partial charge < -0.3 is 29.3 Å². The average molecular weight is 465 g/mol. The first-order chi connectivity index (χ1) is 16.5. The van der Waals surface area contributed by atoms with E-state index in [9.17, 15) is 9.59 Å². The van der Waals surface area contributed by atoms with Crippen molar-refractivity contribution in [3.63, 3.8) is 0 Å². The van der Waals surface area contributed by atoms with Crippen LogP contribution in [0.2, 0.25) is 0 Å². The van der Waals surface area contributed by atoms with E-state index in [1.54, 1.807) is 24.3 Å². The van der Waals surface area contributed by atoms with E-state index < -0.39 is 11.8 Å². The highest BCUT2D eigenvalue weighted by atomic mass is 16.5. The van der Waals surface area contributed by atoms with Gasteiger partial charge in [0.1, 0.15) is 23.8 Å². The van der Waals surface area contributed by atoms with Gasteiger partial charge in [-0.1, -0.05) is 19.1 Å². The van der Waals surface area contributed by atoms with Crippen LogP contribution in [0.4, 0.5) is 0 Å². The summed E-state index contributed by atoms with van der Waals surface area (Å²) in [5, 5.41) is 5.40. The summed E-state index contributed by atoms with van der Waals surface area (Å²) >= 11 is 0. The number of methoxy groups -OCH3 is 2. The summed E-state index contributed by atoms with van der Waals surface area (Å²) in [6.45, 7) is 2.61. The van der Waals surface area contributed by atoms with Crippen LogP contribution in [0.15, 0.2) is 71.0 Å². The third-order valence-corrected chi connectivity index (χ3v) is 4.96. The predicted octanol–water partition coefficient (Wildman–Crippen LogP) is 3.83. The monoisotopic (exact) mass is 464 g/mol. The van der Waals surface area contributed by atoms with E-state index in [4.69, 9.17) is 18.6 Å². The van der Waals surface area contributed by atoms with Crippen LogP contribution in [-0.2, 0) is 11.2 Å². The zero-order valence-electron chi connectivity index (χ0n) is 19.4. The van der Waals surface area contributed by atoms with Crippen molar-refractivity contribution in [1.82, 2.24) is 10.6 Å². The fourth-order valence-electron chi connectivity index (χ4n) is 3.10. The molecule has 3 aromatic rings. The Morgan fingerprint density at radius 2 is 1.76 bits per heavy atom. The molecule has 0 aliphatic heterocycles. The van der Waals surface area contributed by atoms with Crippen LogP contribution in [0.5, 0.6) is 17.2 Å². The molecule has 34 heavy (non-hydrogen) atoms. The molecule has 8 heteroatoms. The Bertz CT molecular complexity index is 1120. The van der Waals surface area contributed by atoms with Crippen LogP contribution in [-0.4, -0.2) is 39.2 Å². The molecule has 2 amide bonds. The number of ether oxygens (including phenoxy) is 3. The van der Waals surface area contributed by atoms with Crippen molar-refractivity contribution in [3.8, 4) is 17.2 Å². The van der Waals surface area contributed by atoms with E-state index in [0.717, 1.165) is 12.2 Å². The summed E-state index contributed by atoms with van der Waals surface area (Å²) in [7, 11) is 2.99. The maximum Gasteiger partial charge on any atom is 0.268 e. The number of rotatable bonds is 11. The molecule has 2 aromatic carbocycles. The molecule has 0 fully saturated rings. The van der Waals surface area contributed by atoms with Crippen molar-refractivity contribution in [2.45, 2.75) is 13.3 Å². The molecule has 8 nitrogen and oxygen atoms in total. The lowest BCUT2D eigenvalue weighted by atomic mass is 10.1. The van der Waals surface area contributed by atoms with Gasteiger partial charge in [0.15, 0.2) is 11.5 Å². The second-order valence-corrected chi connectivity index (χ2v) is 7.20. The summed E-state index contributed by atoms with van der Waals surface area (Å²) < 4.78 is 21.4. The number of benzene rings is 2. The fraction of sp³-hybridized carbons (Fsp3) is 0.231. The van der Waals surface area contributed by atoms with E-state index in [1.165, 1.54) is 38.2 Å². The first kappa shape index (κ1) is 24.4. The standard InChI is InChI=1S/C26H28N2O6/c1-4-18-7-10-20(11-8-18)34-15-13-27-26(30)22(17-21-6-5-14-33-21)28-25(29)19-9-12-23(31-2)24(16-19)32-3/h5-12,14,16-17H,4,13,15H2,1-3H3,(H,27,30)(H,28,29)/b22-17-. The number of amides is 2. The largest absolute Gasteiger partial charge is 0.493 e. The average Bonchev–Trinajstić information content (AvgIpc) is 3.39. The Kier molecular flexibility index (Phi) is 8.73. The summed E-state index contributed by atoms with van der Waals surface area (Å²) in [4.78, 5) is 25.7. The van der Waals surface area contributed by atoms with Gasteiger partial charge in [0.05, 0.1) is 27.0 Å². The van der Waals surface area contributed by atoms with Gasteiger partial charge in [-0.15, -0.1) is 0 Å². The lowest BCUT2D eigenvalue weighted by Gasteiger charge is -2.13. The Labute approximate surface area is 198 Å². The van der Waals surface area contributed by atoms with E-state index in [2.05, 4.69) is 17.6 Å². The molecular weight excluding hydrogens is 436 g/mol. The summed E-state index contributed by atoms with van der Waals surface area (Å²) in [6, 6.07) is 15.9. The molecule has 0 saturated carbocycles. The van der Waals surface area contributed by atoms with Gasteiger partial charge in [0.2, 0.25) is 0 Å². The quantitative estimate of drug-likeness (QED) is 0.331. The SMILES string of the molecule is CCc1ccc(OCCNC(=O)/C(=C/c2ccco2)NC(=O)c2ccc(OC)c(OC)c2)cc1. The second kappa shape index (κ2) is 12.2. The maximum atomic E-state index is 12.8. The minimum absolute atomic E-state index is 0.0297. The lowest BCUT2D eigenvalue weighted by molar-refractivity contribution is -0.117. The minimum atomic E-state index is -0.485. The number of aryl methyl sites for hydroxylation is 1. The highest BCUT2D eigenvalue weighted by Crippen LogP contribution is 2.27. The Balaban J connectivity index is 1.64. The molecule has 1 aromatic heterocycles. The zero-order chi connectivity index (χ0) is 24.3. The van der Waals surface area contributed by atoms with Crippen LogP contribution in [0, 0.1) is 0 Å². The van der Waals surface area contributed by atoms with Crippen LogP contribution >= 0.6 is 0 Å². The molecule has 0 bridgehead atoms. The van der Waals surface area contributed by atoms with Gasteiger partial charge in [0, 0.05) is 11.6 Å². The van der Waals surface area contributed by atoms with Gasteiger partial charge in [-0.25, -0.2) is 0 Å². The topological polar surface area (TPSA) is 99.0 Å². The molecule has 1 heterocycles. The summed E-state index contributed by atoms with van der Waals surface area (Å²) in [5.41, 5.74) is 1.55. The third kappa shape index (κ3) is 6.65. The van der Waals surface area contributed by atoms with Gasteiger partial charge in [0.25, 0.3) is 11.8 Å². The highest BCUT2D eigenvalue weighted by molar-refractivity contribution is 6.05. The van der Waals surface area contributed by atoms with Crippen molar-refractivity contribution in [2.24, 2.45) is 0 Å². The maximum absolute atomic E-state index is 12.8. The Morgan fingerprint density at radius 3 is 2.41 bits per heavy atom. The first-order valence-corrected chi connectivity index (χ1v) is 10.8. The minimum Gasteiger partial charge on any atom is -0.493 e. The molecule has 0 aliphatic rings. The number of hydrogen-bond acceptors (Lipinski definition) is 6. The molecule has 178 valence electrons. The number of hydrogen-bond donors (Lipinski definition) is 2. The van der Waals surface area contributed by atoms with E-state index in [0.29, 0.717) is 22.8 Å². The Morgan fingerprint density at radius 1 is 1.00 bits per heavy atom. The van der Waals surface area contributed by atoms with Crippen molar-refractivity contribution in [2.75, 3.05) is 27.4 Å². The molecule has 0 saturated heterocycles. The highest BCUT2D eigenvalue weighted by Gasteiger charge is 2.17. The van der Waals surface area contributed by atoms with Gasteiger partial charge in [-0.3, -0.25) is 9.59 Å². The van der Waals surface area contributed by atoms with Crippen molar-refractivity contribution in [3.05, 3.63) is 83.4 Å². The van der Waals surface area contributed by atoms with Crippen LogP contribution < -0.4 is 24.8 Å². The molecule has 0 atom stereocenters. The van der Waals surface area contributed by atoms with Crippen LogP contribution in [0.1, 0.15) is 28.6 Å². The third-order valence-electron chi connectivity index (χ3n) is 4.96. The molecular formula is C26H28N2O6. The molecule has 3 rings (SSSR count). The van der Waals surface area contributed by atoms with Gasteiger partial charge >= 0.3 is 0 Å². The first-order valence-electron chi connectivity index (χ1n) is 10.8. The zero-order valence-corrected chi connectivity index (χ0v) is 19.4. The number of nitrogens with one attached hydrogen (secondary N) is 2. The van der Waals surface area contributed by atoms with Gasteiger partial charge in [-0.05, 0) is 54.4 Å². The molecule has 2 N–H and O–H groups in total. The number of carbonyl (C=O) groups is 2. The smallest absolute Gasteiger partial charge is 0.268 e. The van der Waals surface area contributed by atoms with E-state index in [-0.39, 0.29) is 18.8 Å². The van der Waals surface area contributed by atoms with Crippen LogP contribution in [0.3, 0.4) is 0 Å². The fourth-order valence-corrected chi connectivity index (χ4v) is 3.10. The van der Waals surface area contributed by atoms with Gasteiger partial charge in [-0.2, -0.15) is 0 Å². The van der Waals surface area contributed by atoms with E-state index >= 15 is 0 Å². The lowest BCUT2D eigenvalue weighted by Crippen LogP contribution is -2.36. The van der Waals surface area contributed by atoms with Crippen molar-refractivity contribution in [1.29, 1.82) is 0 Å². The van der Waals surface area contributed by atoms with E-state index in [1.807, 2.05) is 24.3 Å². The molecule has 0 unspecified atom stereocenters. The predicted molar refractivity (Wildman–Crippen MR) is 128 cm³/mol. The van der Waals surface area contributed by atoms with Crippen LogP contribution in [0.25, 0.3) is 6.08 Å².